The van der Waals surface area contributed by atoms with E-state index in [1.54, 1.807) is 19.1 Å². The lowest BCUT2D eigenvalue weighted by Crippen LogP contribution is -2.25. The van der Waals surface area contributed by atoms with Gasteiger partial charge in [0.05, 0.1) is 10.6 Å². The number of anilines is 1. The summed E-state index contributed by atoms with van der Waals surface area (Å²) >= 11 is 0. The molecule has 0 saturated carbocycles. The largest absolute Gasteiger partial charge is 0.341 e. The van der Waals surface area contributed by atoms with Crippen LogP contribution in [0.3, 0.4) is 0 Å². The Hall–Kier alpha value is -2.70. The first kappa shape index (κ1) is 12.7. The van der Waals surface area contributed by atoms with Gasteiger partial charge in [-0.3, -0.25) is 10.1 Å². The Morgan fingerprint density at radius 1 is 1.42 bits per heavy atom. The van der Waals surface area contributed by atoms with Crippen LogP contribution in [-0.4, -0.2) is 23.0 Å². The Balaban J connectivity index is 2.69. The number of hydrogen-bond acceptors (Lipinski definition) is 4. The minimum atomic E-state index is -0.492. The number of nitrogens with zero attached hydrogens (tertiary/aromatic N) is 2. The summed E-state index contributed by atoms with van der Waals surface area (Å²) in [5, 5.41) is 16.6. The van der Waals surface area contributed by atoms with E-state index in [0.29, 0.717) is 11.1 Å². The van der Waals surface area contributed by atoms with Crippen LogP contribution in [-0.2, 0) is 0 Å². The number of carbonyl (C=O) groups excluding carboxylic acids is 1. The summed E-state index contributed by atoms with van der Waals surface area (Å²) in [6.07, 6.45) is 1.50. The summed E-state index contributed by atoms with van der Waals surface area (Å²) in [6, 6.07) is 4.25. The van der Waals surface area contributed by atoms with Gasteiger partial charge in [-0.25, -0.2) is 9.78 Å². The molecule has 0 spiro atoms. The Labute approximate surface area is 108 Å². The molecular formula is C12H12N4O3. The van der Waals surface area contributed by atoms with Gasteiger partial charge in [0.1, 0.15) is 5.52 Å². The first-order chi connectivity index (χ1) is 9.04. The van der Waals surface area contributed by atoms with E-state index in [0.717, 1.165) is 5.56 Å². The molecule has 7 nitrogen and oxygen atoms in total. The van der Waals surface area contributed by atoms with Crippen LogP contribution in [0.2, 0.25) is 0 Å². The van der Waals surface area contributed by atoms with E-state index in [-0.39, 0.29) is 17.2 Å². The van der Waals surface area contributed by atoms with Gasteiger partial charge in [0.15, 0.2) is 0 Å². The minimum absolute atomic E-state index is 0.0857. The van der Waals surface area contributed by atoms with Gasteiger partial charge >= 0.3 is 6.03 Å². The highest BCUT2D eigenvalue weighted by Crippen LogP contribution is 2.30. The van der Waals surface area contributed by atoms with Gasteiger partial charge in [-0.15, -0.1) is 0 Å². The van der Waals surface area contributed by atoms with Gasteiger partial charge in [-0.2, -0.15) is 0 Å². The zero-order valence-electron chi connectivity index (χ0n) is 10.4. The van der Waals surface area contributed by atoms with Crippen molar-refractivity contribution < 1.29 is 9.72 Å². The van der Waals surface area contributed by atoms with E-state index < -0.39 is 4.92 Å². The number of nitrogens with one attached hydrogen (secondary N) is 2. The maximum Gasteiger partial charge on any atom is 0.319 e. The van der Waals surface area contributed by atoms with E-state index in [1.807, 2.05) is 0 Å². The number of pyridine rings is 1. The molecule has 0 atom stereocenters. The molecule has 0 saturated heterocycles. The van der Waals surface area contributed by atoms with Crippen molar-refractivity contribution in [1.29, 1.82) is 0 Å². The van der Waals surface area contributed by atoms with E-state index in [4.69, 9.17) is 0 Å². The molecule has 98 valence electrons. The number of hydrogen-bond donors (Lipinski definition) is 2. The molecular weight excluding hydrogens is 248 g/mol. The van der Waals surface area contributed by atoms with Gasteiger partial charge in [0.2, 0.25) is 0 Å². The first-order valence-corrected chi connectivity index (χ1v) is 5.56. The lowest BCUT2D eigenvalue weighted by molar-refractivity contribution is -0.383. The Morgan fingerprint density at radius 2 is 2.16 bits per heavy atom. The Morgan fingerprint density at radius 3 is 2.79 bits per heavy atom. The molecule has 2 N–H and O–H groups in total. The van der Waals surface area contributed by atoms with Crippen LogP contribution in [0.25, 0.3) is 10.9 Å². The SMILES string of the molecule is CNC(=O)Nc1c(C)cnc2c([N+](=O)[O-])cccc12. The zero-order chi connectivity index (χ0) is 14.0. The van der Waals surface area contributed by atoms with E-state index in [9.17, 15) is 14.9 Å². The van der Waals surface area contributed by atoms with Crippen molar-refractivity contribution in [2.24, 2.45) is 0 Å². The Bertz CT molecular complexity index is 669. The van der Waals surface area contributed by atoms with Crippen LogP contribution in [0.1, 0.15) is 5.56 Å². The van der Waals surface area contributed by atoms with Crippen molar-refractivity contribution in [3.63, 3.8) is 0 Å². The maximum atomic E-state index is 11.4. The van der Waals surface area contributed by atoms with Gasteiger partial charge < -0.3 is 10.6 Å². The monoisotopic (exact) mass is 260 g/mol. The molecule has 1 heterocycles. The number of non-ortho nitro benzene ring substituents is 1. The summed E-state index contributed by atoms with van der Waals surface area (Å²) in [4.78, 5) is 26.0. The highest BCUT2D eigenvalue weighted by Gasteiger charge is 2.16. The normalized spacial score (nSPS) is 10.2. The number of aryl methyl sites for hydroxylation is 1. The van der Waals surface area contributed by atoms with Crippen LogP contribution in [0.15, 0.2) is 24.4 Å². The molecule has 0 unspecified atom stereocenters. The third kappa shape index (κ3) is 2.30. The van der Waals surface area contributed by atoms with Gasteiger partial charge in [-0.05, 0) is 12.5 Å². The predicted octanol–water partition coefficient (Wildman–Crippen LogP) is 2.20. The van der Waals surface area contributed by atoms with Gasteiger partial charge in [-0.1, -0.05) is 12.1 Å². The molecule has 2 aromatic rings. The quantitative estimate of drug-likeness (QED) is 0.639. The molecule has 0 aliphatic carbocycles. The second-order valence-electron chi connectivity index (χ2n) is 3.95. The van der Waals surface area contributed by atoms with Crippen LogP contribution in [0.5, 0.6) is 0 Å². The van der Waals surface area contributed by atoms with E-state index >= 15 is 0 Å². The summed E-state index contributed by atoms with van der Waals surface area (Å²) < 4.78 is 0. The van der Waals surface area contributed by atoms with E-state index in [2.05, 4.69) is 15.6 Å². The number of aromatic nitrogens is 1. The summed E-state index contributed by atoms with van der Waals surface area (Å²) in [6.45, 7) is 1.77. The molecule has 0 fully saturated rings. The number of para-hydroxylation sites is 1. The number of nitro benzene ring substituents is 1. The van der Waals surface area contributed by atoms with Crippen molar-refractivity contribution in [1.82, 2.24) is 10.3 Å². The molecule has 7 heteroatoms. The molecule has 2 amide bonds. The number of fused-ring (bicyclic) bond motifs is 1. The van der Waals surface area contributed by atoms with Crippen molar-refractivity contribution in [2.75, 3.05) is 12.4 Å². The molecule has 1 aromatic carbocycles. The van der Waals surface area contributed by atoms with Crippen LogP contribution in [0.4, 0.5) is 16.2 Å². The number of rotatable bonds is 2. The summed E-state index contributed by atoms with van der Waals surface area (Å²) in [5.41, 5.74) is 1.42. The lowest BCUT2D eigenvalue weighted by Gasteiger charge is -2.10. The second-order valence-corrected chi connectivity index (χ2v) is 3.95. The molecule has 0 bridgehead atoms. The van der Waals surface area contributed by atoms with E-state index in [1.165, 1.54) is 19.3 Å². The molecule has 19 heavy (non-hydrogen) atoms. The second kappa shape index (κ2) is 4.89. The third-order valence-corrected chi connectivity index (χ3v) is 2.73. The highest BCUT2D eigenvalue weighted by molar-refractivity contribution is 6.03. The average molecular weight is 260 g/mol. The van der Waals surface area contributed by atoms with Crippen LogP contribution < -0.4 is 10.6 Å². The predicted molar refractivity (Wildman–Crippen MR) is 71.2 cm³/mol. The number of nitro groups is 1. The summed E-state index contributed by atoms with van der Waals surface area (Å²) in [5.74, 6) is 0. The fourth-order valence-electron chi connectivity index (χ4n) is 1.80. The number of urea groups is 1. The highest BCUT2D eigenvalue weighted by atomic mass is 16.6. The maximum absolute atomic E-state index is 11.4. The fourth-order valence-corrected chi connectivity index (χ4v) is 1.80. The zero-order valence-corrected chi connectivity index (χ0v) is 10.4. The molecule has 0 radical (unpaired) electrons. The number of carbonyl (C=O) groups is 1. The third-order valence-electron chi connectivity index (χ3n) is 2.73. The number of benzene rings is 1. The molecule has 0 aliphatic heterocycles. The van der Waals surface area contributed by atoms with Crippen LogP contribution >= 0.6 is 0 Å². The number of amides is 2. The molecule has 0 aliphatic rings. The Kier molecular flexibility index (Phi) is 3.28. The summed E-state index contributed by atoms with van der Waals surface area (Å²) in [7, 11) is 1.50. The standard InChI is InChI=1S/C12H12N4O3/c1-7-6-14-11-8(10(7)15-12(17)13-2)4-3-5-9(11)16(18)19/h3-6H,1-2H3,(H2,13,14,15,17). The van der Waals surface area contributed by atoms with Crippen LogP contribution in [0, 0.1) is 17.0 Å². The van der Waals surface area contributed by atoms with Crippen molar-refractivity contribution in [2.45, 2.75) is 6.92 Å². The lowest BCUT2D eigenvalue weighted by atomic mass is 10.1. The van der Waals surface area contributed by atoms with Gasteiger partial charge in [0.25, 0.3) is 5.69 Å². The fraction of sp³-hybridized carbons (Fsp3) is 0.167. The first-order valence-electron chi connectivity index (χ1n) is 5.56. The minimum Gasteiger partial charge on any atom is -0.341 e. The smallest absolute Gasteiger partial charge is 0.319 e. The van der Waals surface area contributed by atoms with Crippen molar-refractivity contribution in [3.8, 4) is 0 Å². The van der Waals surface area contributed by atoms with Crippen molar-refractivity contribution >= 4 is 28.3 Å². The van der Waals surface area contributed by atoms with Gasteiger partial charge in [0, 0.05) is 24.7 Å². The topological polar surface area (TPSA) is 97.2 Å². The average Bonchev–Trinajstić information content (AvgIpc) is 2.40. The molecule has 1 aromatic heterocycles. The van der Waals surface area contributed by atoms with Crippen molar-refractivity contribution in [3.05, 3.63) is 40.1 Å². The molecule has 2 rings (SSSR count).